The highest BCUT2D eigenvalue weighted by Gasteiger charge is 2.35. The smallest absolute Gasteiger partial charge is 0.339 e. The van der Waals surface area contributed by atoms with Crippen LogP contribution in [-0.2, 0) is 14.3 Å². The Hall–Kier alpha value is -4.27. The third kappa shape index (κ3) is 4.35. The number of hydrogen-bond donors (Lipinski definition) is 1. The van der Waals surface area contributed by atoms with E-state index in [1.54, 1.807) is 12.1 Å². The molecule has 1 aliphatic heterocycles. The number of carbonyl (C=O) groups is 5. The second kappa shape index (κ2) is 9.04. The van der Waals surface area contributed by atoms with E-state index in [0.29, 0.717) is 0 Å². The molecule has 1 N–H and O–H groups in total. The average molecular weight is 422 g/mol. The van der Waals surface area contributed by atoms with Crippen LogP contribution in [0.3, 0.4) is 0 Å². The summed E-state index contributed by atoms with van der Waals surface area (Å²) in [5, 5.41) is 2.48. The molecule has 9 heteroatoms. The van der Waals surface area contributed by atoms with Gasteiger partial charge in [0.15, 0.2) is 6.61 Å². The number of rotatable bonds is 7. The summed E-state index contributed by atoms with van der Waals surface area (Å²) in [7, 11) is 1.22. The molecule has 0 saturated heterocycles. The molecule has 0 atom stereocenters. The predicted molar refractivity (Wildman–Crippen MR) is 109 cm³/mol. The number of para-hydroxylation sites is 1. The molecule has 0 fully saturated rings. The van der Waals surface area contributed by atoms with E-state index in [2.05, 4.69) is 16.6 Å². The lowest BCUT2D eigenvalue weighted by atomic mass is 10.1. The number of imide groups is 1. The minimum absolute atomic E-state index is 0.0168. The summed E-state index contributed by atoms with van der Waals surface area (Å²) in [5.74, 6) is -3.15. The summed E-state index contributed by atoms with van der Waals surface area (Å²) in [6.45, 7) is 2.94. The van der Waals surface area contributed by atoms with Gasteiger partial charge in [0.25, 0.3) is 17.7 Å². The highest BCUT2D eigenvalue weighted by atomic mass is 16.5. The monoisotopic (exact) mass is 422 g/mol. The van der Waals surface area contributed by atoms with Gasteiger partial charge in [-0.05, 0) is 30.3 Å². The molecule has 0 saturated carbocycles. The minimum Gasteiger partial charge on any atom is -0.465 e. The molecule has 0 bridgehead atoms. The zero-order valence-electron chi connectivity index (χ0n) is 16.5. The van der Waals surface area contributed by atoms with Crippen molar-refractivity contribution in [1.29, 1.82) is 0 Å². The average Bonchev–Trinajstić information content (AvgIpc) is 3.02. The molecule has 31 heavy (non-hydrogen) atoms. The highest BCUT2D eigenvalue weighted by molar-refractivity contribution is 6.22. The van der Waals surface area contributed by atoms with E-state index in [9.17, 15) is 24.0 Å². The van der Waals surface area contributed by atoms with Gasteiger partial charge in [0.2, 0.25) is 0 Å². The Morgan fingerprint density at radius 3 is 2.45 bits per heavy atom. The zero-order valence-corrected chi connectivity index (χ0v) is 16.5. The van der Waals surface area contributed by atoms with Gasteiger partial charge in [0.1, 0.15) is 0 Å². The van der Waals surface area contributed by atoms with Crippen molar-refractivity contribution in [3.05, 3.63) is 77.4 Å². The van der Waals surface area contributed by atoms with Crippen LogP contribution in [0.15, 0.2) is 55.1 Å². The van der Waals surface area contributed by atoms with Gasteiger partial charge >= 0.3 is 11.9 Å². The number of hydrogen-bond acceptors (Lipinski definition) is 7. The summed E-state index contributed by atoms with van der Waals surface area (Å²) in [6, 6.07) is 10.2. The van der Waals surface area contributed by atoms with E-state index in [-0.39, 0.29) is 34.5 Å². The van der Waals surface area contributed by atoms with Crippen molar-refractivity contribution in [2.45, 2.75) is 0 Å². The molecule has 158 valence electrons. The topological polar surface area (TPSA) is 119 Å². The first-order valence-electron chi connectivity index (χ1n) is 9.12. The number of carbonyl (C=O) groups excluding carboxylic acids is 5. The van der Waals surface area contributed by atoms with Gasteiger partial charge < -0.3 is 14.8 Å². The molecule has 0 spiro atoms. The molecule has 0 aromatic heterocycles. The third-order valence-electron chi connectivity index (χ3n) is 4.46. The number of benzene rings is 2. The van der Waals surface area contributed by atoms with Crippen LogP contribution < -0.4 is 5.32 Å². The van der Waals surface area contributed by atoms with Gasteiger partial charge in [-0.3, -0.25) is 19.3 Å². The van der Waals surface area contributed by atoms with Crippen molar-refractivity contribution in [1.82, 2.24) is 4.90 Å². The van der Waals surface area contributed by atoms with Crippen LogP contribution in [0.1, 0.15) is 41.4 Å². The minimum atomic E-state index is -0.846. The Morgan fingerprint density at radius 1 is 1.03 bits per heavy atom. The van der Waals surface area contributed by atoms with Crippen molar-refractivity contribution in [3.63, 3.8) is 0 Å². The Bertz CT molecular complexity index is 1110. The molecule has 1 heterocycles. The fourth-order valence-electron chi connectivity index (χ4n) is 2.99. The van der Waals surface area contributed by atoms with Gasteiger partial charge in [0.05, 0.1) is 35.1 Å². The number of nitrogens with zero attached hydrogens (tertiary/aromatic N) is 1. The number of methoxy groups -OCH3 is 1. The second-order valence-electron chi connectivity index (χ2n) is 6.43. The maximum atomic E-state index is 12.4. The first-order valence-corrected chi connectivity index (χ1v) is 9.12. The SMILES string of the molecule is C=CCN1C(=O)c2ccc(C(=O)OCC(=O)Nc3ccccc3C(=O)OC)cc2C1=O. The maximum Gasteiger partial charge on any atom is 0.339 e. The first-order chi connectivity index (χ1) is 14.9. The fourth-order valence-corrected chi connectivity index (χ4v) is 2.99. The molecule has 9 nitrogen and oxygen atoms in total. The Kier molecular flexibility index (Phi) is 6.25. The Balaban J connectivity index is 1.66. The van der Waals surface area contributed by atoms with E-state index in [4.69, 9.17) is 4.74 Å². The molecular weight excluding hydrogens is 404 g/mol. The van der Waals surface area contributed by atoms with Crippen molar-refractivity contribution in [2.75, 3.05) is 25.6 Å². The lowest BCUT2D eigenvalue weighted by Gasteiger charge is -2.10. The predicted octanol–water partition coefficient (Wildman–Crippen LogP) is 2.05. The zero-order chi connectivity index (χ0) is 22.5. The van der Waals surface area contributed by atoms with Gasteiger partial charge in [-0.1, -0.05) is 18.2 Å². The molecule has 3 rings (SSSR count). The molecule has 2 aromatic carbocycles. The largest absolute Gasteiger partial charge is 0.465 e. The van der Waals surface area contributed by atoms with Crippen LogP contribution in [0.4, 0.5) is 5.69 Å². The van der Waals surface area contributed by atoms with Crippen molar-refractivity contribution in [2.24, 2.45) is 0 Å². The summed E-state index contributed by atoms with van der Waals surface area (Å²) in [6.07, 6.45) is 1.42. The number of fused-ring (bicyclic) bond motifs is 1. The van der Waals surface area contributed by atoms with E-state index in [0.717, 1.165) is 4.90 Å². The number of ether oxygens (including phenoxy) is 2. The van der Waals surface area contributed by atoms with Crippen LogP contribution in [0.5, 0.6) is 0 Å². The van der Waals surface area contributed by atoms with Gasteiger partial charge in [-0.25, -0.2) is 9.59 Å². The first kappa shape index (κ1) is 21.4. The Labute approximate surface area is 177 Å². The summed E-state index contributed by atoms with van der Waals surface area (Å²) in [4.78, 5) is 61.8. The van der Waals surface area contributed by atoms with Crippen LogP contribution in [0, 0.1) is 0 Å². The maximum absolute atomic E-state index is 12.4. The van der Waals surface area contributed by atoms with Crippen LogP contribution in [0.2, 0.25) is 0 Å². The highest BCUT2D eigenvalue weighted by Crippen LogP contribution is 2.24. The van der Waals surface area contributed by atoms with Gasteiger partial charge in [0, 0.05) is 6.54 Å². The fraction of sp³-hybridized carbons (Fsp3) is 0.136. The molecule has 1 aliphatic rings. The summed E-state index contributed by atoms with van der Waals surface area (Å²) < 4.78 is 9.65. The number of anilines is 1. The van der Waals surface area contributed by atoms with E-state index in [1.165, 1.54) is 43.5 Å². The lowest BCUT2D eigenvalue weighted by molar-refractivity contribution is -0.119. The lowest BCUT2D eigenvalue weighted by Crippen LogP contribution is -2.29. The summed E-state index contributed by atoms with van der Waals surface area (Å²) >= 11 is 0. The molecule has 0 unspecified atom stereocenters. The third-order valence-corrected chi connectivity index (χ3v) is 4.46. The van der Waals surface area contributed by atoms with Crippen LogP contribution in [-0.4, -0.2) is 54.8 Å². The van der Waals surface area contributed by atoms with Crippen molar-refractivity contribution < 1.29 is 33.4 Å². The standard InChI is InChI=1S/C22H18N2O7/c1-3-10-24-19(26)14-9-8-13(11-16(14)20(24)27)21(28)31-12-18(25)23-17-7-5-4-6-15(17)22(29)30-2/h3-9,11H,1,10,12H2,2H3,(H,23,25). The van der Waals surface area contributed by atoms with Crippen LogP contribution >= 0.6 is 0 Å². The Morgan fingerprint density at radius 2 is 1.74 bits per heavy atom. The summed E-state index contributed by atoms with van der Waals surface area (Å²) in [5.41, 5.74) is 0.635. The number of esters is 2. The van der Waals surface area contributed by atoms with E-state index >= 15 is 0 Å². The molecule has 0 aliphatic carbocycles. The van der Waals surface area contributed by atoms with Gasteiger partial charge in [-0.15, -0.1) is 6.58 Å². The van der Waals surface area contributed by atoms with Gasteiger partial charge in [-0.2, -0.15) is 0 Å². The number of amides is 3. The van der Waals surface area contributed by atoms with Crippen LogP contribution in [0.25, 0.3) is 0 Å². The van der Waals surface area contributed by atoms with E-state index < -0.39 is 36.3 Å². The van der Waals surface area contributed by atoms with Crippen molar-refractivity contribution >= 4 is 35.3 Å². The molecule has 0 radical (unpaired) electrons. The van der Waals surface area contributed by atoms with Crippen molar-refractivity contribution in [3.8, 4) is 0 Å². The van der Waals surface area contributed by atoms with E-state index in [1.807, 2.05) is 0 Å². The molecular formula is C22H18N2O7. The molecule has 2 aromatic rings. The normalized spacial score (nSPS) is 12.2. The quantitative estimate of drug-likeness (QED) is 0.412. The number of nitrogens with one attached hydrogen (secondary N) is 1. The molecule has 3 amide bonds. The second-order valence-corrected chi connectivity index (χ2v) is 6.43.